The van der Waals surface area contributed by atoms with Gasteiger partial charge in [0, 0.05) is 37.6 Å². The van der Waals surface area contributed by atoms with Gasteiger partial charge in [-0.3, -0.25) is 9.58 Å². The van der Waals surface area contributed by atoms with Crippen LogP contribution in [0, 0.1) is 5.82 Å². The first kappa shape index (κ1) is 15.1. The van der Waals surface area contributed by atoms with Crippen molar-refractivity contribution < 1.29 is 14.2 Å². The first-order valence-electron chi connectivity index (χ1n) is 7.46. The highest BCUT2D eigenvalue weighted by Crippen LogP contribution is 2.19. The number of nitrogens with zero attached hydrogens (tertiary/aromatic N) is 3. The second-order valence-corrected chi connectivity index (χ2v) is 5.52. The number of β-amino-alcohol motifs (C(OH)–C–C–N with tert-alkyl or cyclic N) is 1. The van der Waals surface area contributed by atoms with Gasteiger partial charge in [-0.2, -0.15) is 5.10 Å². The van der Waals surface area contributed by atoms with Gasteiger partial charge in [-0.25, -0.2) is 4.39 Å². The van der Waals surface area contributed by atoms with E-state index in [-0.39, 0.29) is 11.9 Å². The van der Waals surface area contributed by atoms with Gasteiger partial charge in [0.2, 0.25) is 0 Å². The van der Waals surface area contributed by atoms with E-state index in [0.717, 1.165) is 6.54 Å². The van der Waals surface area contributed by atoms with Gasteiger partial charge in [0.25, 0.3) is 0 Å². The third-order valence-corrected chi connectivity index (χ3v) is 3.87. The lowest BCUT2D eigenvalue weighted by Crippen LogP contribution is -2.45. The van der Waals surface area contributed by atoms with Crippen molar-refractivity contribution in [1.29, 1.82) is 0 Å². The molecule has 1 N–H and O–H groups in total. The second-order valence-electron chi connectivity index (χ2n) is 5.52. The number of rotatable bonds is 5. The molecule has 2 aromatic rings. The van der Waals surface area contributed by atoms with Crippen LogP contribution in [-0.2, 0) is 11.3 Å². The smallest absolute Gasteiger partial charge is 0.129 e. The van der Waals surface area contributed by atoms with Crippen molar-refractivity contribution in [2.24, 2.45) is 0 Å². The average molecular weight is 305 g/mol. The highest BCUT2D eigenvalue weighted by atomic mass is 19.1. The minimum Gasteiger partial charge on any atom is -0.387 e. The van der Waals surface area contributed by atoms with Gasteiger partial charge in [-0.05, 0) is 12.1 Å². The summed E-state index contributed by atoms with van der Waals surface area (Å²) in [5.41, 5.74) is 0.345. The molecule has 1 fully saturated rings. The van der Waals surface area contributed by atoms with Crippen LogP contribution in [0.3, 0.4) is 0 Å². The number of aromatic nitrogens is 2. The summed E-state index contributed by atoms with van der Waals surface area (Å²) in [6.07, 6.45) is 2.84. The standard InChI is InChI=1S/C16H20FN3O2/c17-15-5-2-1-4-14(15)16(21)12-19-8-9-22-13(10-19)11-20-7-3-6-18-20/h1-7,13,16,21H,8-12H2/t13-,16+/m1/s1. The highest BCUT2D eigenvalue weighted by molar-refractivity contribution is 5.20. The van der Waals surface area contributed by atoms with Crippen LogP contribution in [-0.4, -0.2) is 52.1 Å². The quantitative estimate of drug-likeness (QED) is 0.908. The minimum absolute atomic E-state index is 0.0291. The molecule has 3 rings (SSSR count). The molecule has 5 nitrogen and oxygen atoms in total. The predicted molar refractivity (Wildman–Crippen MR) is 79.8 cm³/mol. The Labute approximate surface area is 128 Å². The number of morpholine rings is 1. The number of ether oxygens (including phenoxy) is 1. The third-order valence-electron chi connectivity index (χ3n) is 3.87. The molecule has 1 aliphatic rings. The number of halogens is 1. The normalized spacial score (nSPS) is 20.9. The van der Waals surface area contributed by atoms with E-state index in [1.165, 1.54) is 6.07 Å². The Balaban J connectivity index is 1.57. The first-order valence-corrected chi connectivity index (χ1v) is 7.46. The summed E-state index contributed by atoms with van der Waals surface area (Å²) < 4.78 is 21.3. The van der Waals surface area contributed by atoms with Crippen molar-refractivity contribution in [3.05, 3.63) is 54.1 Å². The molecule has 1 aromatic heterocycles. The average Bonchev–Trinajstić information content (AvgIpc) is 3.01. The van der Waals surface area contributed by atoms with Crippen LogP contribution in [0.2, 0.25) is 0 Å². The fraction of sp³-hybridized carbons (Fsp3) is 0.438. The third kappa shape index (κ3) is 3.71. The molecule has 1 aromatic carbocycles. The number of hydrogen-bond donors (Lipinski definition) is 1. The Morgan fingerprint density at radius 1 is 1.36 bits per heavy atom. The van der Waals surface area contributed by atoms with Gasteiger partial charge in [0.05, 0.1) is 25.4 Å². The molecule has 6 heteroatoms. The molecule has 0 aliphatic carbocycles. The number of hydrogen-bond acceptors (Lipinski definition) is 4. The summed E-state index contributed by atoms with van der Waals surface area (Å²) in [6.45, 7) is 3.13. The van der Waals surface area contributed by atoms with E-state index in [0.29, 0.717) is 31.8 Å². The van der Waals surface area contributed by atoms with E-state index in [2.05, 4.69) is 10.00 Å². The zero-order valence-corrected chi connectivity index (χ0v) is 12.3. The van der Waals surface area contributed by atoms with Crippen molar-refractivity contribution in [3.8, 4) is 0 Å². The van der Waals surface area contributed by atoms with E-state index < -0.39 is 6.10 Å². The molecule has 1 saturated heterocycles. The molecule has 0 saturated carbocycles. The maximum absolute atomic E-state index is 13.7. The molecule has 2 heterocycles. The van der Waals surface area contributed by atoms with Gasteiger partial charge in [0.15, 0.2) is 0 Å². The lowest BCUT2D eigenvalue weighted by Gasteiger charge is -2.34. The first-order chi connectivity index (χ1) is 10.7. The van der Waals surface area contributed by atoms with Crippen molar-refractivity contribution in [2.45, 2.75) is 18.8 Å². The zero-order valence-electron chi connectivity index (χ0n) is 12.3. The van der Waals surface area contributed by atoms with E-state index in [9.17, 15) is 9.50 Å². The topological polar surface area (TPSA) is 50.5 Å². The van der Waals surface area contributed by atoms with Crippen molar-refractivity contribution >= 4 is 0 Å². The highest BCUT2D eigenvalue weighted by Gasteiger charge is 2.24. The molecule has 0 radical (unpaired) electrons. The Morgan fingerprint density at radius 2 is 2.23 bits per heavy atom. The molecule has 0 unspecified atom stereocenters. The molecule has 118 valence electrons. The monoisotopic (exact) mass is 305 g/mol. The molecule has 22 heavy (non-hydrogen) atoms. The summed E-state index contributed by atoms with van der Waals surface area (Å²) in [5.74, 6) is -0.364. The van der Waals surface area contributed by atoms with E-state index in [1.54, 1.807) is 24.4 Å². The Bertz CT molecular complexity index is 591. The summed E-state index contributed by atoms with van der Waals surface area (Å²) in [5, 5.41) is 14.4. The molecule has 0 spiro atoms. The molecular formula is C16H20FN3O2. The van der Waals surface area contributed by atoms with E-state index in [1.807, 2.05) is 16.9 Å². The van der Waals surface area contributed by atoms with Gasteiger partial charge >= 0.3 is 0 Å². The largest absolute Gasteiger partial charge is 0.387 e. The SMILES string of the molecule is O[C@@H](CN1CCO[C@@H](Cn2cccn2)C1)c1ccccc1F. The lowest BCUT2D eigenvalue weighted by atomic mass is 10.1. The van der Waals surface area contributed by atoms with Crippen LogP contribution in [0.5, 0.6) is 0 Å². The fourth-order valence-corrected chi connectivity index (χ4v) is 2.76. The molecule has 2 atom stereocenters. The second kappa shape index (κ2) is 7.00. The van der Waals surface area contributed by atoms with Crippen LogP contribution in [0.15, 0.2) is 42.7 Å². The number of aliphatic hydroxyl groups is 1. The van der Waals surface area contributed by atoms with Crippen molar-refractivity contribution in [2.75, 3.05) is 26.2 Å². The number of benzene rings is 1. The van der Waals surface area contributed by atoms with Crippen LogP contribution in [0.4, 0.5) is 4.39 Å². The molecule has 0 bridgehead atoms. The zero-order chi connectivity index (χ0) is 15.4. The van der Waals surface area contributed by atoms with E-state index >= 15 is 0 Å². The summed E-state index contributed by atoms with van der Waals surface area (Å²) in [6, 6.07) is 8.24. The lowest BCUT2D eigenvalue weighted by molar-refractivity contribution is -0.0488. The summed E-state index contributed by atoms with van der Waals surface area (Å²) in [4.78, 5) is 2.11. The maximum atomic E-state index is 13.7. The van der Waals surface area contributed by atoms with Crippen LogP contribution in [0.25, 0.3) is 0 Å². The van der Waals surface area contributed by atoms with Crippen LogP contribution >= 0.6 is 0 Å². The van der Waals surface area contributed by atoms with Crippen LogP contribution in [0.1, 0.15) is 11.7 Å². The molecular weight excluding hydrogens is 285 g/mol. The van der Waals surface area contributed by atoms with Crippen molar-refractivity contribution in [1.82, 2.24) is 14.7 Å². The Kier molecular flexibility index (Phi) is 4.82. The van der Waals surface area contributed by atoms with E-state index in [4.69, 9.17) is 4.74 Å². The summed E-state index contributed by atoms with van der Waals surface area (Å²) in [7, 11) is 0. The number of aliphatic hydroxyl groups excluding tert-OH is 1. The fourth-order valence-electron chi connectivity index (χ4n) is 2.76. The Morgan fingerprint density at radius 3 is 3.00 bits per heavy atom. The van der Waals surface area contributed by atoms with Gasteiger partial charge in [-0.1, -0.05) is 18.2 Å². The Hall–Kier alpha value is -1.76. The van der Waals surface area contributed by atoms with Crippen LogP contribution < -0.4 is 0 Å². The molecule has 0 amide bonds. The minimum atomic E-state index is -0.829. The van der Waals surface area contributed by atoms with Crippen molar-refractivity contribution in [3.63, 3.8) is 0 Å². The van der Waals surface area contributed by atoms with Gasteiger partial charge in [0.1, 0.15) is 5.82 Å². The summed E-state index contributed by atoms with van der Waals surface area (Å²) >= 11 is 0. The van der Waals surface area contributed by atoms with Gasteiger partial charge < -0.3 is 9.84 Å². The molecule has 1 aliphatic heterocycles. The maximum Gasteiger partial charge on any atom is 0.129 e. The predicted octanol–water partition coefficient (Wildman–Crippen LogP) is 1.46. The van der Waals surface area contributed by atoms with Gasteiger partial charge in [-0.15, -0.1) is 0 Å².